The lowest BCUT2D eigenvalue weighted by Crippen LogP contribution is -2.12. The highest BCUT2D eigenvalue weighted by atomic mass is 19.1. The summed E-state index contributed by atoms with van der Waals surface area (Å²) in [5, 5.41) is 3.19. The number of halogens is 2. The number of aryl methyl sites for hydroxylation is 1. The number of hydrogen-bond donors (Lipinski definition) is 1. The molecule has 0 radical (unpaired) electrons. The second-order valence-corrected chi connectivity index (χ2v) is 4.41. The van der Waals surface area contributed by atoms with Crippen LogP contribution in [0.1, 0.15) is 18.2 Å². The highest BCUT2D eigenvalue weighted by molar-refractivity contribution is 5.32. The molecule has 0 atom stereocenters. The van der Waals surface area contributed by atoms with Crippen molar-refractivity contribution in [3.05, 3.63) is 53.2 Å². The SMILES string of the molecule is CCNCc1cc(C)nc(Oc2cc(F)ccc2F)c1. The number of aromatic nitrogens is 1. The Balaban J connectivity index is 2.24. The molecule has 0 unspecified atom stereocenters. The van der Waals surface area contributed by atoms with Gasteiger partial charge in [-0.3, -0.25) is 0 Å². The Morgan fingerprint density at radius 2 is 2.00 bits per heavy atom. The molecule has 0 amide bonds. The van der Waals surface area contributed by atoms with Crippen LogP contribution >= 0.6 is 0 Å². The smallest absolute Gasteiger partial charge is 0.219 e. The molecule has 2 aromatic rings. The maximum atomic E-state index is 13.5. The predicted octanol–water partition coefficient (Wildman–Crippen LogP) is 3.57. The molecule has 1 N–H and O–H groups in total. The van der Waals surface area contributed by atoms with Gasteiger partial charge in [-0.1, -0.05) is 6.92 Å². The first-order valence-electron chi connectivity index (χ1n) is 6.39. The standard InChI is InChI=1S/C15H16F2N2O/c1-3-18-9-11-6-10(2)19-15(7-11)20-14-8-12(16)4-5-13(14)17/h4-8,18H,3,9H2,1-2H3. The fraction of sp³-hybridized carbons (Fsp3) is 0.267. The molecule has 0 aliphatic carbocycles. The fourth-order valence-electron chi connectivity index (χ4n) is 1.80. The Bertz CT molecular complexity index is 602. The Kier molecular flexibility index (Phi) is 4.63. The van der Waals surface area contributed by atoms with E-state index >= 15 is 0 Å². The van der Waals surface area contributed by atoms with Gasteiger partial charge in [0.15, 0.2) is 11.6 Å². The highest BCUT2D eigenvalue weighted by Crippen LogP contribution is 2.24. The van der Waals surface area contributed by atoms with Crippen LogP contribution in [0.3, 0.4) is 0 Å². The van der Waals surface area contributed by atoms with Gasteiger partial charge in [-0.15, -0.1) is 0 Å². The van der Waals surface area contributed by atoms with E-state index in [0.29, 0.717) is 6.54 Å². The van der Waals surface area contributed by atoms with Gasteiger partial charge < -0.3 is 10.1 Å². The summed E-state index contributed by atoms with van der Waals surface area (Å²) in [5.41, 5.74) is 1.73. The lowest BCUT2D eigenvalue weighted by Gasteiger charge is -2.09. The Labute approximate surface area is 116 Å². The lowest BCUT2D eigenvalue weighted by molar-refractivity contribution is 0.421. The van der Waals surface area contributed by atoms with Crippen LogP contribution in [0.4, 0.5) is 8.78 Å². The van der Waals surface area contributed by atoms with E-state index in [9.17, 15) is 8.78 Å². The number of rotatable bonds is 5. The third kappa shape index (κ3) is 3.74. The molecule has 0 saturated heterocycles. The Hall–Kier alpha value is -2.01. The molecule has 0 saturated carbocycles. The van der Waals surface area contributed by atoms with Gasteiger partial charge >= 0.3 is 0 Å². The van der Waals surface area contributed by atoms with Gasteiger partial charge in [-0.05, 0) is 37.2 Å². The van der Waals surface area contributed by atoms with Gasteiger partial charge in [0.2, 0.25) is 5.88 Å². The number of hydrogen-bond acceptors (Lipinski definition) is 3. The van der Waals surface area contributed by atoms with Crippen molar-refractivity contribution in [1.29, 1.82) is 0 Å². The van der Waals surface area contributed by atoms with Crippen LogP contribution in [-0.2, 0) is 6.54 Å². The van der Waals surface area contributed by atoms with E-state index in [-0.39, 0.29) is 11.6 Å². The number of nitrogens with zero attached hydrogens (tertiary/aromatic N) is 1. The molecular formula is C15H16F2N2O. The molecule has 0 fully saturated rings. The summed E-state index contributed by atoms with van der Waals surface area (Å²) < 4.78 is 32.0. The number of nitrogens with one attached hydrogen (secondary N) is 1. The maximum Gasteiger partial charge on any atom is 0.219 e. The van der Waals surface area contributed by atoms with Crippen molar-refractivity contribution in [1.82, 2.24) is 10.3 Å². The van der Waals surface area contributed by atoms with Crippen LogP contribution in [0.25, 0.3) is 0 Å². The first-order valence-corrected chi connectivity index (χ1v) is 6.39. The first kappa shape index (κ1) is 14.4. The van der Waals surface area contributed by atoms with Crippen LogP contribution in [-0.4, -0.2) is 11.5 Å². The third-order valence-electron chi connectivity index (χ3n) is 2.68. The van der Waals surface area contributed by atoms with Crippen LogP contribution < -0.4 is 10.1 Å². The summed E-state index contributed by atoms with van der Waals surface area (Å²) in [5.74, 6) is -1.09. The molecule has 2 rings (SSSR count). The molecule has 1 aromatic heterocycles. The molecular weight excluding hydrogens is 262 g/mol. The average Bonchev–Trinajstić information content (AvgIpc) is 2.40. The normalized spacial score (nSPS) is 10.6. The summed E-state index contributed by atoms with van der Waals surface area (Å²) in [7, 11) is 0. The number of pyridine rings is 1. The van der Waals surface area contributed by atoms with E-state index in [1.807, 2.05) is 19.9 Å². The van der Waals surface area contributed by atoms with Crippen molar-refractivity contribution in [2.75, 3.05) is 6.54 Å². The van der Waals surface area contributed by atoms with Crippen molar-refractivity contribution in [2.45, 2.75) is 20.4 Å². The molecule has 3 nitrogen and oxygen atoms in total. The topological polar surface area (TPSA) is 34.2 Å². The van der Waals surface area contributed by atoms with Gasteiger partial charge in [-0.25, -0.2) is 13.8 Å². The summed E-state index contributed by atoms with van der Waals surface area (Å²) >= 11 is 0. The molecule has 1 heterocycles. The second-order valence-electron chi connectivity index (χ2n) is 4.41. The fourth-order valence-corrected chi connectivity index (χ4v) is 1.80. The zero-order chi connectivity index (χ0) is 14.5. The summed E-state index contributed by atoms with van der Waals surface area (Å²) in [6.07, 6.45) is 0. The van der Waals surface area contributed by atoms with E-state index in [0.717, 1.165) is 36.0 Å². The minimum absolute atomic E-state index is 0.169. The second kappa shape index (κ2) is 6.43. The summed E-state index contributed by atoms with van der Waals surface area (Å²) in [6, 6.07) is 6.70. The van der Waals surface area contributed by atoms with Crippen molar-refractivity contribution >= 4 is 0 Å². The van der Waals surface area contributed by atoms with E-state index in [4.69, 9.17) is 4.74 Å². The molecule has 5 heteroatoms. The molecule has 0 spiro atoms. The summed E-state index contributed by atoms with van der Waals surface area (Å²) in [6.45, 7) is 5.34. The first-order chi connectivity index (χ1) is 9.58. The van der Waals surface area contributed by atoms with Crippen molar-refractivity contribution in [2.24, 2.45) is 0 Å². The molecule has 106 valence electrons. The van der Waals surface area contributed by atoms with Gasteiger partial charge in [0.1, 0.15) is 5.82 Å². The van der Waals surface area contributed by atoms with E-state index in [1.54, 1.807) is 6.07 Å². The minimum atomic E-state index is -0.622. The zero-order valence-electron chi connectivity index (χ0n) is 11.4. The average molecular weight is 278 g/mol. The van der Waals surface area contributed by atoms with Crippen LogP contribution in [0, 0.1) is 18.6 Å². The molecule has 0 aliphatic heterocycles. The molecule has 1 aromatic carbocycles. The summed E-state index contributed by atoms with van der Waals surface area (Å²) in [4.78, 5) is 4.17. The highest BCUT2D eigenvalue weighted by Gasteiger charge is 2.08. The number of benzene rings is 1. The van der Waals surface area contributed by atoms with Crippen LogP contribution in [0.2, 0.25) is 0 Å². The molecule has 0 bridgehead atoms. The lowest BCUT2D eigenvalue weighted by atomic mass is 10.2. The van der Waals surface area contributed by atoms with Gasteiger partial charge in [-0.2, -0.15) is 0 Å². The monoisotopic (exact) mass is 278 g/mol. The third-order valence-corrected chi connectivity index (χ3v) is 2.68. The molecule has 0 aliphatic rings. The van der Waals surface area contributed by atoms with E-state index in [1.165, 1.54) is 0 Å². The van der Waals surface area contributed by atoms with Crippen molar-refractivity contribution < 1.29 is 13.5 Å². The van der Waals surface area contributed by atoms with Crippen molar-refractivity contribution in [3.63, 3.8) is 0 Å². The van der Waals surface area contributed by atoms with Crippen LogP contribution in [0.5, 0.6) is 11.6 Å². The predicted molar refractivity (Wildman–Crippen MR) is 72.8 cm³/mol. The Morgan fingerprint density at radius 1 is 1.20 bits per heavy atom. The number of ether oxygens (including phenoxy) is 1. The maximum absolute atomic E-state index is 13.5. The van der Waals surface area contributed by atoms with Gasteiger partial charge in [0.25, 0.3) is 0 Å². The molecule has 20 heavy (non-hydrogen) atoms. The van der Waals surface area contributed by atoms with E-state index in [2.05, 4.69) is 10.3 Å². The van der Waals surface area contributed by atoms with Gasteiger partial charge in [0.05, 0.1) is 0 Å². The zero-order valence-corrected chi connectivity index (χ0v) is 11.4. The van der Waals surface area contributed by atoms with Crippen LogP contribution in [0.15, 0.2) is 30.3 Å². The van der Waals surface area contributed by atoms with E-state index < -0.39 is 11.6 Å². The van der Waals surface area contributed by atoms with Crippen molar-refractivity contribution in [3.8, 4) is 11.6 Å². The van der Waals surface area contributed by atoms with Gasteiger partial charge in [0, 0.05) is 24.4 Å². The Morgan fingerprint density at radius 3 is 2.75 bits per heavy atom. The quantitative estimate of drug-likeness (QED) is 0.908. The minimum Gasteiger partial charge on any atom is -0.436 e. The largest absolute Gasteiger partial charge is 0.436 e.